The summed E-state index contributed by atoms with van der Waals surface area (Å²) >= 11 is 0. The van der Waals surface area contributed by atoms with E-state index in [4.69, 9.17) is 4.74 Å². The summed E-state index contributed by atoms with van der Waals surface area (Å²) in [6.45, 7) is 2.29. The molecule has 4 fully saturated rings. The summed E-state index contributed by atoms with van der Waals surface area (Å²) in [5, 5.41) is 0. The fourth-order valence-corrected chi connectivity index (χ4v) is 5.91. The largest absolute Gasteiger partial charge is 0.378 e. The van der Waals surface area contributed by atoms with Gasteiger partial charge in [-0.05, 0) is 54.4 Å². The molecule has 0 spiro atoms. The number of ether oxygens (including phenoxy) is 1. The monoisotopic (exact) mass is 378 g/mol. The topological polar surface area (TPSA) is 66.9 Å². The van der Waals surface area contributed by atoms with E-state index in [9.17, 15) is 14.4 Å². The minimum absolute atomic E-state index is 0.0371. The first kappa shape index (κ1) is 16.5. The summed E-state index contributed by atoms with van der Waals surface area (Å²) in [4.78, 5) is 42.1. The van der Waals surface area contributed by atoms with Crippen molar-refractivity contribution >= 4 is 23.4 Å². The van der Waals surface area contributed by atoms with Gasteiger partial charge in [-0.1, -0.05) is 12.2 Å². The van der Waals surface area contributed by atoms with Crippen molar-refractivity contribution in [1.29, 1.82) is 0 Å². The maximum Gasteiger partial charge on any atom is 0.254 e. The summed E-state index contributed by atoms with van der Waals surface area (Å²) < 4.78 is 5.29. The van der Waals surface area contributed by atoms with Gasteiger partial charge < -0.3 is 9.64 Å². The maximum absolute atomic E-state index is 13.2. The molecule has 144 valence electrons. The van der Waals surface area contributed by atoms with Crippen LogP contribution in [0, 0.1) is 35.5 Å². The molecule has 6 atom stereocenters. The van der Waals surface area contributed by atoms with Crippen LogP contribution in [0.4, 0.5) is 5.69 Å². The summed E-state index contributed by atoms with van der Waals surface area (Å²) in [5.74, 6) is 1.10. The molecular weight excluding hydrogens is 356 g/mol. The van der Waals surface area contributed by atoms with Crippen LogP contribution >= 0.6 is 0 Å². The number of carbonyl (C=O) groups excluding carboxylic acids is 3. The molecule has 6 nitrogen and oxygen atoms in total. The van der Waals surface area contributed by atoms with Crippen LogP contribution in [-0.2, 0) is 14.3 Å². The van der Waals surface area contributed by atoms with Gasteiger partial charge in [0.1, 0.15) is 0 Å². The van der Waals surface area contributed by atoms with Crippen LogP contribution in [0.3, 0.4) is 0 Å². The lowest BCUT2D eigenvalue weighted by Crippen LogP contribution is -2.40. The van der Waals surface area contributed by atoms with E-state index in [1.54, 1.807) is 29.2 Å². The van der Waals surface area contributed by atoms with Crippen LogP contribution in [0.2, 0.25) is 0 Å². The van der Waals surface area contributed by atoms with Crippen molar-refractivity contribution in [3.8, 4) is 0 Å². The first-order valence-corrected chi connectivity index (χ1v) is 10.2. The van der Waals surface area contributed by atoms with Gasteiger partial charge >= 0.3 is 0 Å². The fraction of sp³-hybridized carbons (Fsp3) is 0.500. The van der Waals surface area contributed by atoms with Gasteiger partial charge in [0, 0.05) is 18.7 Å². The SMILES string of the molecule is O=C(c1ccc(N2C(=O)[C@@H]3[C@H]4C=C[C@@H]([C@@H]5C[C@@H]45)[C@@H]3C2=O)cc1)N1CCOCC1. The van der Waals surface area contributed by atoms with Gasteiger partial charge in [0.15, 0.2) is 0 Å². The molecule has 0 N–H and O–H groups in total. The highest BCUT2D eigenvalue weighted by molar-refractivity contribution is 6.22. The highest BCUT2D eigenvalue weighted by Crippen LogP contribution is 2.65. The first-order valence-electron chi connectivity index (χ1n) is 10.2. The first-order chi connectivity index (χ1) is 13.6. The van der Waals surface area contributed by atoms with Crippen LogP contribution in [0.1, 0.15) is 16.8 Å². The van der Waals surface area contributed by atoms with E-state index in [-0.39, 0.29) is 41.4 Å². The Hall–Kier alpha value is -2.47. The Morgan fingerprint density at radius 3 is 2.04 bits per heavy atom. The number of hydrogen-bond acceptors (Lipinski definition) is 4. The molecule has 2 saturated heterocycles. The van der Waals surface area contributed by atoms with E-state index in [0.717, 1.165) is 6.42 Å². The number of morpholine rings is 1. The van der Waals surface area contributed by atoms with Crippen LogP contribution in [0.15, 0.2) is 36.4 Å². The quantitative estimate of drug-likeness (QED) is 0.581. The molecule has 2 saturated carbocycles. The minimum atomic E-state index is -0.194. The Bertz CT molecular complexity index is 866. The van der Waals surface area contributed by atoms with E-state index in [2.05, 4.69) is 12.2 Å². The zero-order chi connectivity index (χ0) is 19.0. The van der Waals surface area contributed by atoms with Crippen LogP contribution in [0.25, 0.3) is 0 Å². The lowest BCUT2D eigenvalue weighted by atomic mass is 9.63. The van der Waals surface area contributed by atoms with Gasteiger partial charge in [-0.3, -0.25) is 19.3 Å². The number of allylic oxidation sites excluding steroid dienone is 2. The van der Waals surface area contributed by atoms with Crippen LogP contribution in [0.5, 0.6) is 0 Å². The Labute approximate surface area is 163 Å². The fourth-order valence-electron chi connectivity index (χ4n) is 5.91. The van der Waals surface area contributed by atoms with Gasteiger partial charge in [-0.25, -0.2) is 0 Å². The number of carbonyl (C=O) groups is 3. The van der Waals surface area contributed by atoms with E-state index in [0.29, 0.717) is 49.4 Å². The molecule has 2 heterocycles. The highest BCUT2D eigenvalue weighted by atomic mass is 16.5. The molecule has 0 unspecified atom stereocenters. The molecule has 2 aliphatic heterocycles. The molecule has 1 aromatic rings. The standard InChI is InChI=1S/C22H22N2O4/c25-20(23-7-9-28-10-8-23)12-1-3-13(4-2-12)24-21(26)18-14-5-6-15(17-11-16(14)17)19(18)22(24)27/h1-6,14-19H,7-11H2/t14-,15-,16-,17-,18-,19+/m0/s1. The number of nitrogens with zero attached hydrogens (tertiary/aromatic N) is 2. The van der Waals surface area contributed by atoms with Crippen molar-refractivity contribution in [2.75, 3.05) is 31.2 Å². The van der Waals surface area contributed by atoms with Gasteiger partial charge in [0.25, 0.3) is 5.91 Å². The molecule has 6 heteroatoms. The number of benzene rings is 1. The maximum atomic E-state index is 13.2. The molecule has 0 aromatic heterocycles. The summed E-state index contributed by atoms with van der Waals surface area (Å²) in [6, 6.07) is 6.91. The lowest BCUT2D eigenvalue weighted by molar-refractivity contribution is -0.124. The zero-order valence-corrected chi connectivity index (χ0v) is 15.5. The second-order valence-corrected chi connectivity index (χ2v) is 8.62. The predicted octanol–water partition coefficient (Wildman–Crippen LogP) is 1.72. The Morgan fingerprint density at radius 1 is 0.893 bits per heavy atom. The number of imide groups is 1. The minimum Gasteiger partial charge on any atom is -0.378 e. The van der Waals surface area contributed by atoms with Crippen LogP contribution in [-0.4, -0.2) is 48.9 Å². The van der Waals surface area contributed by atoms with E-state index < -0.39 is 0 Å². The average Bonchev–Trinajstić information content (AvgIpc) is 3.52. The molecule has 0 radical (unpaired) electrons. The molecule has 28 heavy (non-hydrogen) atoms. The van der Waals surface area contributed by atoms with Crippen LogP contribution < -0.4 is 4.90 Å². The van der Waals surface area contributed by atoms with Crippen molar-refractivity contribution in [2.45, 2.75) is 6.42 Å². The van der Waals surface area contributed by atoms with Crippen molar-refractivity contribution in [3.63, 3.8) is 0 Å². The second kappa shape index (κ2) is 5.77. The van der Waals surface area contributed by atoms with Gasteiger partial charge in [-0.2, -0.15) is 0 Å². The van der Waals surface area contributed by atoms with Crippen molar-refractivity contribution in [2.24, 2.45) is 35.5 Å². The molecule has 4 aliphatic carbocycles. The lowest BCUT2D eigenvalue weighted by Gasteiger charge is -2.37. The number of hydrogen-bond donors (Lipinski definition) is 0. The Kier molecular flexibility index (Phi) is 3.39. The third-order valence-electron chi connectivity index (χ3n) is 7.33. The molecular formula is C22H22N2O4. The predicted molar refractivity (Wildman–Crippen MR) is 100 cm³/mol. The summed E-state index contributed by atoms with van der Waals surface area (Å²) in [7, 11) is 0. The van der Waals surface area contributed by atoms with Gasteiger partial charge in [0.05, 0.1) is 30.7 Å². The van der Waals surface area contributed by atoms with E-state index >= 15 is 0 Å². The average molecular weight is 378 g/mol. The molecule has 6 aliphatic rings. The number of anilines is 1. The summed E-state index contributed by atoms with van der Waals surface area (Å²) in [6.07, 6.45) is 5.52. The third-order valence-corrected chi connectivity index (χ3v) is 7.33. The van der Waals surface area contributed by atoms with Crippen molar-refractivity contribution < 1.29 is 19.1 Å². The molecule has 2 bridgehead atoms. The second-order valence-electron chi connectivity index (χ2n) is 8.62. The summed E-state index contributed by atoms with van der Waals surface area (Å²) in [5.41, 5.74) is 1.15. The number of amides is 3. The zero-order valence-electron chi connectivity index (χ0n) is 15.5. The molecule has 3 amide bonds. The molecule has 1 aromatic carbocycles. The third kappa shape index (κ3) is 2.15. The smallest absolute Gasteiger partial charge is 0.254 e. The van der Waals surface area contributed by atoms with Crippen molar-refractivity contribution in [3.05, 3.63) is 42.0 Å². The highest BCUT2D eigenvalue weighted by Gasteiger charge is 2.67. The number of rotatable bonds is 2. The van der Waals surface area contributed by atoms with Crippen molar-refractivity contribution in [1.82, 2.24) is 4.90 Å². The Balaban J connectivity index is 1.26. The Morgan fingerprint density at radius 2 is 1.46 bits per heavy atom. The van der Waals surface area contributed by atoms with Gasteiger partial charge in [0.2, 0.25) is 11.8 Å². The van der Waals surface area contributed by atoms with E-state index in [1.807, 2.05) is 0 Å². The van der Waals surface area contributed by atoms with E-state index in [1.165, 1.54) is 4.90 Å². The van der Waals surface area contributed by atoms with Gasteiger partial charge in [-0.15, -0.1) is 0 Å². The normalized spacial score (nSPS) is 37.9. The molecule has 7 rings (SSSR count).